The van der Waals surface area contributed by atoms with Gasteiger partial charge in [0.25, 0.3) is 5.91 Å². The Balaban J connectivity index is 1.51. The van der Waals surface area contributed by atoms with Gasteiger partial charge in [0.1, 0.15) is 0 Å². The zero-order valence-corrected chi connectivity index (χ0v) is 16.1. The van der Waals surface area contributed by atoms with Gasteiger partial charge in [0.15, 0.2) is 11.5 Å². The molecule has 1 aliphatic heterocycles. The van der Waals surface area contributed by atoms with Gasteiger partial charge in [-0.15, -0.1) is 10.2 Å². The van der Waals surface area contributed by atoms with E-state index in [0.717, 1.165) is 11.3 Å². The van der Waals surface area contributed by atoms with E-state index < -0.39 is 0 Å². The van der Waals surface area contributed by atoms with Crippen LogP contribution in [0, 0.1) is 6.92 Å². The van der Waals surface area contributed by atoms with Crippen molar-refractivity contribution in [1.29, 1.82) is 0 Å². The Bertz CT molecular complexity index is 817. The Kier molecular flexibility index (Phi) is 6.41. The first kappa shape index (κ1) is 19.6. The number of carbonyl (C=O) groups is 2. The smallest absolute Gasteiger partial charge is 0.409 e. The average Bonchev–Trinajstić information content (AvgIpc) is 2.71. The number of nitrogens with zero attached hydrogens (tertiary/aromatic N) is 3. The molecule has 2 aromatic rings. The molecule has 28 heavy (non-hydrogen) atoms. The number of para-hydroxylation sites is 1. The lowest BCUT2D eigenvalue weighted by atomic mass is 10.1. The quantitative estimate of drug-likeness (QED) is 0.824. The van der Waals surface area contributed by atoms with Crippen LogP contribution in [0.4, 0.5) is 16.3 Å². The van der Waals surface area contributed by atoms with Gasteiger partial charge < -0.3 is 20.3 Å². The van der Waals surface area contributed by atoms with E-state index in [1.54, 1.807) is 24.0 Å². The molecular weight excluding hydrogens is 358 g/mol. The summed E-state index contributed by atoms with van der Waals surface area (Å²) < 4.78 is 5.00. The van der Waals surface area contributed by atoms with Gasteiger partial charge in [-0.1, -0.05) is 18.2 Å². The molecule has 2 N–H and O–H groups in total. The molecule has 0 spiro atoms. The fraction of sp³-hybridized carbons (Fsp3) is 0.400. The van der Waals surface area contributed by atoms with E-state index in [-0.39, 0.29) is 23.7 Å². The minimum atomic E-state index is -0.296. The molecule has 0 bridgehead atoms. The summed E-state index contributed by atoms with van der Waals surface area (Å²) in [5, 5.41) is 14.3. The zero-order valence-electron chi connectivity index (χ0n) is 16.1. The molecule has 0 saturated carbocycles. The molecule has 1 aliphatic rings. The number of ether oxygens (including phenoxy) is 1. The Morgan fingerprint density at radius 3 is 2.54 bits per heavy atom. The van der Waals surface area contributed by atoms with E-state index in [1.807, 2.05) is 31.2 Å². The lowest BCUT2D eigenvalue weighted by molar-refractivity contribution is 0.0856. The van der Waals surface area contributed by atoms with Crippen molar-refractivity contribution in [2.45, 2.75) is 32.7 Å². The van der Waals surface area contributed by atoms with E-state index in [1.165, 1.54) is 0 Å². The van der Waals surface area contributed by atoms with Crippen molar-refractivity contribution >= 4 is 23.5 Å². The van der Waals surface area contributed by atoms with Crippen molar-refractivity contribution in [3.05, 3.63) is 47.7 Å². The maximum absolute atomic E-state index is 12.4. The molecule has 1 aromatic carbocycles. The summed E-state index contributed by atoms with van der Waals surface area (Å²) >= 11 is 0. The second-order valence-corrected chi connectivity index (χ2v) is 6.68. The summed E-state index contributed by atoms with van der Waals surface area (Å²) in [6.45, 7) is 5.28. The number of anilines is 2. The highest BCUT2D eigenvalue weighted by molar-refractivity contribution is 5.92. The monoisotopic (exact) mass is 383 g/mol. The van der Waals surface area contributed by atoms with Gasteiger partial charge in [0, 0.05) is 24.8 Å². The lowest BCUT2D eigenvalue weighted by Crippen LogP contribution is -2.46. The van der Waals surface area contributed by atoms with E-state index in [0.29, 0.717) is 38.4 Å². The van der Waals surface area contributed by atoms with Crippen LogP contribution in [0.2, 0.25) is 0 Å². The number of benzene rings is 1. The maximum Gasteiger partial charge on any atom is 0.409 e. The summed E-state index contributed by atoms with van der Waals surface area (Å²) in [7, 11) is 0. The summed E-state index contributed by atoms with van der Waals surface area (Å²) in [5.41, 5.74) is 2.31. The summed E-state index contributed by atoms with van der Waals surface area (Å²) in [4.78, 5) is 25.8. The van der Waals surface area contributed by atoms with Gasteiger partial charge in [-0.25, -0.2) is 4.79 Å². The SMILES string of the molecule is CCOC(=O)N1CCC(NC(=O)c2ccc(Nc3ccccc3C)nn2)CC1. The third-order valence-electron chi connectivity index (χ3n) is 4.66. The molecule has 8 nitrogen and oxygen atoms in total. The maximum atomic E-state index is 12.4. The number of carbonyl (C=O) groups excluding carboxylic acids is 2. The van der Waals surface area contributed by atoms with Gasteiger partial charge in [-0.3, -0.25) is 4.79 Å². The first-order valence-corrected chi connectivity index (χ1v) is 9.45. The van der Waals surface area contributed by atoms with Crippen molar-refractivity contribution in [2.75, 3.05) is 25.0 Å². The van der Waals surface area contributed by atoms with Crippen LogP contribution < -0.4 is 10.6 Å². The Morgan fingerprint density at radius 1 is 1.14 bits per heavy atom. The molecule has 8 heteroatoms. The second kappa shape index (κ2) is 9.16. The topological polar surface area (TPSA) is 96.5 Å². The fourth-order valence-corrected chi connectivity index (χ4v) is 3.05. The highest BCUT2D eigenvalue weighted by Gasteiger charge is 2.25. The van der Waals surface area contributed by atoms with Crippen molar-refractivity contribution in [1.82, 2.24) is 20.4 Å². The first-order chi connectivity index (χ1) is 13.6. The van der Waals surface area contributed by atoms with Gasteiger partial charge in [-0.05, 0) is 50.5 Å². The Morgan fingerprint density at radius 2 is 1.89 bits per heavy atom. The van der Waals surface area contributed by atoms with Crippen LogP contribution in [-0.2, 0) is 4.74 Å². The van der Waals surface area contributed by atoms with Crippen molar-refractivity contribution in [3.63, 3.8) is 0 Å². The molecule has 2 heterocycles. The standard InChI is InChI=1S/C20H25N5O3/c1-3-28-20(27)25-12-10-15(11-13-25)21-19(26)17-8-9-18(24-23-17)22-16-7-5-4-6-14(16)2/h4-9,15H,3,10-13H2,1-2H3,(H,21,26)(H,22,24). The number of likely N-dealkylation sites (tertiary alicyclic amines) is 1. The zero-order chi connectivity index (χ0) is 19.9. The largest absolute Gasteiger partial charge is 0.450 e. The van der Waals surface area contributed by atoms with Gasteiger partial charge in [0.2, 0.25) is 0 Å². The number of hydrogen-bond acceptors (Lipinski definition) is 6. The van der Waals surface area contributed by atoms with Crippen molar-refractivity contribution in [3.8, 4) is 0 Å². The highest BCUT2D eigenvalue weighted by Crippen LogP contribution is 2.18. The summed E-state index contributed by atoms with van der Waals surface area (Å²) in [6.07, 6.45) is 1.07. The van der Waals surface area contributed by atoms with Crippen LogP contribution in [0.25, 0.3) is 0 Å². The number of rotatable bonds is 5. The van der Waals surface area contributed by atoms with Gasteiger partial charge >= 0.3 is 6.09 Å². The van der Waals surface area contributed by atoms with Crippen LogP contribution in [0.5, 0.6) is 0 Å². The third kappa shape index (κ3) is 4.97. The average molecular weight is 383 g/mol. The summed E-state index contributed by atoms with van der Waals surface area (Å²) in [5.74, 6) is 0.318. The molecule has 1 aromatic heterocycles. The van der Waals surface area contributed by atoms with Crippen molar-refractivity contribution < 1.29 is 14.3 Å². The molecule has 1 saturated heterocycles. The number of hydrogen-bond donors (Lipinski definition) is 2. The van der Waals surface area contributed by atoms with Gasteiger partial charge in [-0.2, -0.15) is 0 Å². The van der Waals surface area contributed by atoms with Gasteiger partial charge in [0.05, 0.1) is 6.61 Å². The van der Waals surface area contributed by atoms with Crippen LogP contribution in [0.3, 0.4) is 0 Å². The molecule has 0 atom stereocenters. The van der Waals surface area contributed by atoms with Crippen LogP contribution >= 0.6 is 0 Å². The Hall–Kier alpha value is -3.16. The van der Waals surface area contributed by atoms with E-state index >= 15 is 0 Å². The number of amides is 2. The molecule has 148 valence electrons. The normalized spacial score (nSPS) is 14.4. The molecule has 0 unspecified atom stereocenters. The molecule has 3 rings (SSSR count). The first-order valence-electron chi connectivity index (χ1n) is 9.45. The third-order valence-corrected chi connectivity index (χ3v) is 4.66. The lowest BCUT2D eigenvalue weighted by Gasteiger charge is -2.31. The van der Waals surface area contributed by atoms with E-state index in [2.05, 4.69) is 20.8 Å². The second-order valence-electron chi connectivity index (χ2n) is 6.68. The number of nitrogens with one attached hydrogen (secondary N) is 2. The predicted octanol–water partition coefficient (Wildman–Crippen LogP) is 2.88. The number of aromatic nitrogens is 2. The minimum absolute atomic E-state index is 0.00439. The Labute approximate surface area is 164 Å². The summed E-state index contributed by atoms with van der Waals surface area (Å²) in [6, 6.07) is 11.3. The number of aryl methyl sites for hydroxylation is 1. The van der Waals surface area contributed by atoms with Crippen LogP contribution in [0.15, 0.2) is 36.4 Å². The molecular formula is C20H25N5O3. The molecule has 0 aliphatic carbocycles. The van der Waals surface area contributed by atoms with E-state index in [4.69, 9.17) is 4.74 Å². The fourth-order valence-electron chi connectivity index (χ4n) is 3.05. The van der Waals surface area contributed by atoms with Crippen LogP contribution in [0.1, 0.15) is 35.8 Å². The van der Waals surface area contributed by atoms with E-state index in [9.17, 15) is 9.59 Å². The molecule has 1 fully saturated rings. The molecule has 0 radical (unpaired) electrons. The van der Waals surface area contributed by atoms with Crippen LogP contribution in [-0.4, -0.2) is 52.8 Å². The predicted molar refractivity (Wildman–Crippen MR) is 106 cm³/mol. The number of piperidine rings is 1. The highest BCUT2D eigenvalue weighted by atomic mass is 16.6. The molecule has 2 amide bonds. The van der Waals surface area contributed by atoms with Crippen molar-refractivity contribution in [2.24, 2.45) is 0 Å². The minimum Gasteiger partial charge on any atom is -0.450 e.